The van der Waals surface area contributed by atoms with E-state index in [0.29, 0.717) is 6.07 Å². The number of esters is 1. The molecule has 1 saturated carbocycles. The summed E-state index contributed by atoms with van der Waals surface area (Å²) in [6.45, 7) is 1.70. The molecule has 7 heteroatoms. The highest BCUT2D eigenvalue weighted by atomic mass is 19.4. The first-order chi connectivity index (χ1) is 9.81. The van der Waals surface area contributed by atoms with E-state index in [1.165, 1.54) is 0 Å². The number of ether oxygens (including phenoxy) is 1. The first kappa shape index (κ1) is 15.8. The molecule has 116 valence electrons. The lowest BCUT2D eigenvalue weighted by Gasteiger charge is -2.19. The van der Waals surface area contributed by atoms with E-state index in [0.717, 1.165) is 25.0 Å². The molecular weight excluding hydrogens is 290 g/mol. The summed E-state index contributed by atoms with van der Waals surface area (Å²) >= 11 is 0. The Morgan fingerprint density at radius 1 is 1.38 bits per heavy atom. The van der Waals surface area contributed by atoms with Gasteiger partial charge in [0.2, 0.25) is 0 Å². The molecule has 1 aliphatic carbocycles. The van der Waals surface area contributed by atoms with Crippen LogP contribution >= 0.6 is 0 Å². The molecule has 3 nitrogen and oxygen atoms in total. The molecule has 1 N–H and O–H groups in total. The summed E-state index contributed by atoms with van der Waals surface area (Å²) < 4.78 is 56.5. The van der Waals surface area contributed by atoms with Crippen LogP contribution in [0.15, 0.2) is 18.2 Å². The molecule has 1 aromatic carbocycles. The van der Waals surface area contributed by atoms with E-state index in [1.807, 2.05) is 0 Å². The van der Waals surface area contributed by atoms with Gasteiger partial charge in [-0.1, -0.05) is 0 Å². The SMILES string of the molecule is CCOC(=O)C(NC1CC1)c1cc(F)cc(C(F)(F)F)c1. The number of carbonyl (C=O) groups excluding carboxylic acids is 1. The lowest BCUT2D eigenvalue weighted by atomic mass is 10.0. The number of rotatable bonds is 5. The Labute approximate surface area is 119 Å². The zero-order valence-electron chi connectivity index (χ0n) is 11.3. The Morgan fingerprint density at radius 2 is 2.05 bits per heavy atom. The van der Waals surface area contributed by atoms with Crippen molar-refractivity contribution in [2.45, 2.75) is 38.0 Å². The zero-order valence-corrected chi connectivity index (χ0v) is 11.3. The number of carbonyl (C=O) groups is 1. The highest BCUT2D eigenvalue weighted by Gasteiger charge is 2.35. The highest BCUT2D eigenvalue weighted by molar-refractivity contribution is 5.77. The molecule has 0 radical (unpaired) electrons. The van der Waals surface area contributed by atoms with E-state index < -0.39 is 29.6 Å². The van der Waals surface area contributed by atoms with Crippen LogP contribution in [-0.4, -0.2) is 18.6 Å². The minimum atomic E-state index is -4.67. The average molecular weight is 305 g/mol. The predicted octanol–water partition coefficient (Wildman–Crippen LogP) is 3.20. The molecular formula is C14H15F4NO2. The smallest absolute Gasteiger partial charge is 0.416 e. The van der Waals surface area contributed by atoms with Crippen LogP contribution in [0.1, 0.15) is 36.9 Å². The Balaban J connectivity index is 2.33. The normalized spacial score (nSPS) is 16.6. The Hall–Kier alpha value is -1.63. The second-order valence-corrected chi connectivity index (χ2v) is 4.90. The van der Waals surface area contributed by atoms with Crippen molar-refractivity contribution in [1.82, 2.24) is 5.32 Å². The van der Waals surface area contributed by atoms with Gasteiger partial charge in [-0.3, -0.25) is 5.32 Å². The maximum Gasteiger partial charge on any atom is 0.416 e. The predicted molar refractivity (Wildman–Crippen MR) is 66.9 cm³/mol. The van der Waals surface area contributed by atoms with E-state index in [9.17, 15) is 22.4 Å². The van der Waals surface area contributed by atoms with E-state index in [4.69, 9.17) is 4.74 Å². The third-order valence-electron chi connectivity index (χ3n) is 3.08. The summed E-state index contributed by atoms with van der Waals surface area (Å²) in [6.07, 6.45) is -3.01. The summed E-state index contributed by atoms with van der Waals surface area (Å²) in [5, 5.41) is 2.89. The molecule has 0 aromatic heterocycles. The number of nitrogens with one attached hydrogen (secondary N) is 1. The van der Waals surface area contributed by atoms with Crippen LogP contribution in [0.5, 0.6) is 0 Å². The molecule has 0 bridgehead atoms. The van der Waals surface area contributed by atoms with E-state index >= 15 is 0 Å². The first-order valence-corrected chi connectivity index (χ1v) is 6.61. The van der Waals surface area contributed by atoms with Gasteiger partial charge in [-0.05, 0) is 43.5 Å². The van der Waals surface area contributed by atoms with Gasteiger partial charge in [0.25, 0.3) is 0 Å². The summed E-state index contributed by atoms with van der Waals surface area (Å²) in [4.78, 5) is 11.9. The quantitative estimate of drug-likeness (QED) is 0.670. The van der Waals surface area contributed by atoms with Crippen LogP contribution in [-0.2, 0) is 15.7 Å². The van der Waals surface area contributed by atoms with Gasteiger partial charge in [-0.2, -0.15) is 13.2 Å². The first-order valence-electron chi connectivity index (χ1n) is 6.61. The molecule has 0 amide bonds. The van der Waals surface area contributed by atoms with Gasteiger partial charge in [0, 0.05) is 6.04 Å². The fraction of sp³-hybridized carbons (Fsp3) is 0.500. The topological polar surface area (TPSA) is 38.3 Å². The van der Waals surface area contributed by atoms with Gasteiger partial charge in [0.1, 0.15) is 11.9 Å². The summed E-state index contributed by atoms with van der Waals surface area (Å²) in [5.74, 6) is -1.74. The van der Waals surface area contributed by atoms with Crippen molar-refractivity contribution in [3.05, 3.63) is 35.1 Å². The minimum absolute atomic E-state index is 0.0528. The standard InChI is InChI=1S/C14H15F4NO2/c1-2-21-13(20)12(19-11-3-4-11)8-5-9(14(16,17)18)7-10(15)6-8/h5-7,11-12,19H,2-4H2,1H3. The van der Waals surface area contributed by atoms with Crippen LogP contribution in [0.3, 0.4) is 0 Å². The van der Waals surface area contributed by atoms with Crippen molar-refractivity contribution in [3.63, 3.8) is 0 Å². The second kappa shape index (κ2) is 6.01. The van der Waals surface area contributed by atoms with E-state index in [2.05, 4.69) is 5.32 Å². The van der Waals surface area contributed by atoms with Crippen molar-refractivity contribution in [1.29, 1.82) is 0 Å². The number of hydrogen-bond donors (Lipinski definition) is 1. The van der Waals surface area contributed by atoms with Gasteiger partial charge in [0.15, 0.2) is 0 Å². The molecule has 1 fully saturated rings. The third kappa shape index (κ3) is 4.17. The van der Waals surface area contributed by atoms with Crippen LogP contribution in [0.2, 0.25) is 0 Å². The Morgan fingerprint density at radius 3 is 2.57 bits per heavy atom. The summed E-state index contributed by atoms with van der Waals surface area (Å²) in [6, 6.07) is 1.07. The lowest BCUT2D eigenvalue weighted by molar-refractivity contribution is -0.146. The average Bonchev–Trinajstić information content (AvgIpc) is 3.18. The zero-order chi connectivity index (χ0) is 15.6. The minimum Gasteiger partial charge on any atom is -0.465 e. The summed E-state index contributed by atoms with van der Waals surface area (Å²) in [5.41, 5.74) is -1.20. The van der Waals surface area contributed by atoms with Gasteiger partial charge < -0.3 is 4.74 Å². The molecule has 0 spiro atoms. The highest BCUT2D eigenvalue weighted by Crippen LogP contribution is 2.33. The van der Waals surface area contributed by atoms with Gasteiger partial charge in [-0.25, -0.2) is 9.18 Å². The monoisotopic (exact) mass is 305 g/mol. The van der Waals surface area contributed by atoms with Crippen LogP contribution in [0.25, 0.3) is 0 Å². The van der Waals surface area contributed by atoms with Gasteiger partial charge in [0.05, 0.1) is 12.2 Å². The van der Waals surface area contributed by atoms with E-state index in [-0.39, 0.29) is 18.2 Å². The fourth-order valence-electron chi connectivity index (χ4n) is 1.95. The maximum atomic E-state index is 13.4. The van der Waals surface area contributed by atoms with Gasteiger partial charge >= 0.3 is 12.1 Å². The van der Waals surface area contributed by atoms with Crippen molar-refractivity contribution < 1.29 is 27.1 Å². The molecule has 0 heterocycles. The number of alkyl halides is 3. The van der Waals surface area contributed by atoms with Gasteiger partial charge in [-0.15, -0.1) is 0 Å². The van der Waals surface area contributed by atoms with Crippen molar-refractivity contribution >= 4 is 5.97 Å². The van der Waals surface area contributed by atoms with Crippen LogP contribution in [0.4, 0.5) is 17.6 Å². The van der Waals surface area contributed by atoms with Crippen LogP contribution < -0.4 is 5.32 Å². The molecule has 1 aliphatic rings. The number of benzene rings is 1. The molecule has 21 heavy (non-hydrogen) atoms. The molecule has 2 rings (SSSR count). The molecule has 1 atom stereocenters. The molecule has 1 aromatic rings. The molecule has 1 unspecified atom stereocenters. The van der Waals surface area contributed by atoms with Crippen molar-refractivity contribution in [3.8, 4) is 0 Å². The number of hydrogen-bond acceptors (Lipinski definition) is 3. The summed E-state index contributed by atoms with van der Waals surface area (Å²) in [7, 11) is 0. The van der Waals surface area contributed by atoms with Crippen molar-refractivity contribution in [2.24, 2.45) is 0 Å². The maximum absolute atomic E-state index is 13.4. The third-order valence-corrected chi connectivity index (χ3v) is 3.08. The largest absolute Gasteiger partial charge is 0.465 e. The Kier molecular flexibility index (Phi) is 4.51. The lowest BCUT2D eigenvalue weighted by Crippen LogP contribution is -2.32. The fourth-order valence-corrected chi connectivity index (χ4v) is 1.95. The molecule has 0 aliphatic heterocycles. The van der Waals surface area contributed by atoms with Crippen molar-refractivity contribution in [2.75, 3.05) is 6.61 Å². The van der Waals surface area contributed by atoms with E-state index in [1.54, 1.807) is 6.92 Å². The Bertz CT molecular complexity index is 526. The van der Waals surface area contributed by atoms with Crippen LogP contribution in [0, 0.1) is 5.82 Å². The second-order valence-electron chi connectivity index (χ2n) is 4.90. The number of halogens is 4. The molecule has 0 saturated heterocycles.